The van der Waals surface area contributed by atoms with Crippen LogP contribution in [0.5, 0.6) is 5.75 Å². The second-order valence-corrected chi connectivity index (χ2v) is 7.24. The van der Waals surface area contributed by atoms with Gasteiger partial charge < -0.3 is 15.4 Å². The Hall–Kier alpha value is -2.21. The molecule has 0 bridgehead atoms. The first-order valence-corrected chi connectivity index (χ1v) is 9.57. The van der Waals surface area contributed by atoms with Gasteiger partial charge in [0.1, 0.15) is 11.9 Å². The molecule has 2 N–H and O–H groups in total. The highest BCUT2D eigenvalue weighted by molar-refractivity contribution is 6.32. The van der Waals surface area contributed by atoms with Crippen molar-refractivity contribution in [1.29, 1.82) is 0 Å². The third-order valence-corrected chi connectivity index (χ3v) is 4.81. The number of guanidine groups is 1. The van der Waals surface area contributed by atoms with E-state index in [0.29, 0.717) is 17.3 Å². The molecule has 1 aromatic carbocycles. The van der Waals surface area contributed by atoms with Gasteiger partial charge in [-0.05, 0) is 51.8 Å². The van der Waals surface area contributed by atoms with Crippen LogP contribution in [0.15, 0.2) is 29.3 Å². The van der Waals surface area contributed by atoms with E-state index in [4.69, 9.17) is 16.3 Å². The molecule has 0 saturated heterocycles. The van der Waals surface area contributed by atoms with E-state index in [1.165, 1.54) is 11.3 Å². The number of halogens is 1. The Labute approximate surface area is 167 Å². The van der Waals surface area contributed by atoms with Crippen LogP contribution in [0, 0.1) is 13.8 Å². The summed E-state index contributed by atoms with van der Waals surface area (Å²) in [5.41, 5.74) is 3.56. The van der Waals surface area contributed by atoms with E-state index in [0.717, 1.165) is 18.1 Å². The Kier molecular flexibility index (Phi) is 7.54. The first kappa shape index (κ1) is 21.1. The number of aliphatic imine (C=N–C) groups is 1. The number of aromatic nitrogens is 2. The molecule has 2 atom stereocenters. The van der Waals surface area contributed by atoms with E-state index in [1.807, 2.05) is 42.9 Å². The Bertz CT molecular complexity index is 787. The van der Waals surface area contributed by atoms with Gasteiger partial charge in [-0.2, -0.15) is 5.10 Å². The molecule has 2 rings (SSSR count). The number of hydrogen-bond acceptors (Lipinski definition) is 3. The van der Waals surface area contributed by atoms with E-state index in [9.17, 15) is 0 Å². The van der Waals surface area contributed by atoms with Gasteiger partial charge in [-0.3, -0.25) is 9.67 Å². The maximum Gasteiger partial charge on any atom is 0.191 e. The highest BCUT2D eigenvalue weighted by Gasteiger charge is 2.14. The van der Waals surface area contributed by atoms with Crippen molar-refractivity contribution in [2.75, 3.05) is 13.6 Å². The van der Waals surface area contributed by atoms with E-state index in [2.05, 4.69) is 41.5 Å². The molecule has 0 fully saturated rings. The minimum absolute atomic E-state index is 0.0541. The third-order valence-electron chi connectivity index (χ3n) is 4.50. The summed E-state index contributed by atoms with van der Waals surface area (Å²) >= 11 is 6.14. The third kappa shape index (κ3) is 5.89. The van der Waals surface area contributed by atoms with Crippen molar-refractivity contribution in [3.05, 3.63) is 46.2 Å². The van der Waals surface area contributed by atoms with Gasteiger partial charge in [0, 0.05) is 25.8 Å². The molecule has 7 heteroatoms. The molecule has 0 spiro atoms. The average Bonchev–Trinajstić information content (AvgIpc) is 2.86. The van der Waals surface area contributed by atoms with Gasteiger partial charge in [0.15, 0.2) is 5.96 Å². The summed E-state index contributed by atoms with van der Waals surface area (Å²) in [6.45, 7) is 8.90. The molecule has 0 aliphatic rings. The maximum absolute atomic E-state index is 6.14. The molecule has 0 saturated carbocycles. The molecular formula is C20H30ClN5O. The molecular weight excluding hydrogens is 362 g/mol. The van der Waals surface area contributed by atoms with Crippen molar-refractivity contribution in [2.24, 2.45) is 12.0 Å². The minimum atomic E-state index is -0.0541. The predicted octanol–water partition coefficient (Wildman–Crippen LogP) is 3.25. The summed E-state index contributed by atoms with van der Waals surface area (Å²) in [6.07, 6.45) is 0.833. The Morgan fingerprint density at radius 2 is 2.00 bits per heavy atom. The van der Waals surface area contributed by atoms with E-state index >= 15 is 0 Å². The maximum atomic E-state index is 6.14. The summed E-state index contributed by atoms with van der Waals surface area (Å²) in [7, 11) is 3.74. The number of aryl methyl sites for hydroxylation is 2. The molecule has 2 aromatic rings. The number of rotatable bonds is 7. The summed E-state index contributed by atoms with van der Waals surface area (Å²) in [4.78, 5) is 4.31. The lowest BCUT2D eigenvalue weighted by atomic mass is 10.1. The van der Waals surface area contributed by atoms with Crippen molar-refractivity contribution < 1.29 is 4.74 Å². The molecule has 1 heterocycles. The largest absolute Gasteiger partial charge is 0.487 e. The van der Waals surface area contributed by atoms with Gasteiger partial charge in [0.2, 0.25) is 0 Å². The van der Waals surface area contributed by atoms with Gasteiger partial charge in [-0.15, -0.1) is 0 Å². The SMILES string of the molecule is CN=C(NCC(C)Oc1ccccc1Cl)NC(C)Cc1c(C)nn(C)c1C. The number of benzene rings is 1. The minimum Gasteiger partial charge on any atom is -0.487 e. The molecule has 0 radical (unpaired) electrons. The first-order valence-electron chi connectivity index (χ1n) is 9.19. The fourth-order valence-electron chi connectivity index (χ4n) is 2.94. The van der Waals surface area contributed by atoms with Crippen LogP contribution in [0.25, 0.3) is 0 Å². The quantitative estimate of drug-likeness (QED) is 0.561. The van der Waals surface area contributed by atoms with Crippen LogP contribution in [-0.4, -0.2) is 41.5 Å². The van der Waals surface area contributed by atoms with E-state index in [-0.39, 0.29) is 12.1 Å². The standard InChI is InChI=1S/C20H30ClN5O/c1-13(11-17-15(3)25-26(6)16(17)4)24-20(22-5)23-12-14(2)27-19-10-8-7-9-18(19)21/h7-10,13-14H,11-12H2,1-6H3,(H2,22,23,24). The zero-order valence-corrected chi connectivity index (χ0v) is 17.8. The van der Waals surface area contributed by atoms with Crippen LogP contribution in [-0.2, 0) is 13.5 Å². The van der Waals surface area contributed by atoms with Crippen LogP contribution < -0.4 is 15.4 Å². The van der Waals surface area contributed by atoms with Gasteiger partial charge in [0.05, 0.1) is 17.3 Å². The van der Waals surface area contributed by atoms with Crippen molar-refractivity contribution >= 4 is 17.6 Å². The number of nitrogens with one attached hydrogen (secondary N) is 2. The van der Waals surface area contributed by atoms with Crippen molar-refractivity contribution in [1.82, 2.24) is 20.4 Å². The van der Waals surface area contributed by atoms with Gasteiger partial charge in [0.25, 0.3) is 0 Å². The number of hydrogen-bond donors (Lipinski definition) is 2. The fraction of sp³-hybridized carbons (Fsp3) is 0.500. The van der Waals surface area contributed by atoms with Crippen LogP contribution in [0.2, 0.25) is 5.02 Å². The van der Waals surface area contributed by atoms with Crippen LogP contribution in [0.1, 0.15) is 30.8 Å². The van der Waals surface area contributed by atoms with Gasteiger partial charge in [-0.25, -0.2) is 0 Å². The Balaban J connectivity index is 1.85. The van der Waals surface area contributed by atoms with Crippen molar-refractivity contribution in [3.8, 4) is 5.75 Å². The molecule has 0 aliphatic heterocycles. The molecule has 0 amide bonds. The summed E-state index contributed by atoms with van der Waals surface area (Å²) in [5.74, 6) is 1.43. The Morgan fingerprint density at radius 3 is 2.59 bits per heavy atom. The van der Waals surface area contributed by atoms with Gasteiger partial charge in [-0.1, -0.05) is 23.7 Å². The normalized spacial score (nSPS) is 14.0. The lowest BCUT2D eigenvalue weighted by molar-refractivity contribution is 0.224. The first-order chi connectivity index (χ1) is 12.8. The molecule has 148 valence electrons. The lowest BCUT2D eigenvalue weighted by Gasteiger charge is -2.21. The topological polar surface area (TPSA) is 63.5 Å². The zero-order valence-electron chi connectivity index (χ0n) is 17.0. The zero-order chi connectivity index (χ0) is 20.0. The fourth-order valence-corrected chi connectivity index (χ4v) is 3.12. The number of ether oxygens (including phenoxy) is 1. The van der Waals surface area contributed by atoms with Gasteiger partial charge >= 0.3 is 0 Å². The van der Waals surface area contributed by atoms with E-state index < -0.39 is 0 Å². The van der Waals surface area contributed by atoms with Crippen LogP contribution >= 0.6 is 11.6 Å². The number of para-hydroxylation sites is 1. The second kappa shape index (κ2) is 9.65. The highest BCUT2D eigenvalue weighted by atomic mass is 35.5. The molecule has 0 aliphatic carbocycles. The van der Waals surface area contributed by atoms with Crippen molar-refractivity contribution in [2.45, 2.75) is 46.3 Å². The Morgan fingerprint density at radius 1 is 1.30 bits per heavy atom. The molecule has 6 nitrogen and oxygen atoms in total. The van der Waals surface area contributed by atoms with Crippen LogP contribution in [0.4, 0.5) is 0 Å². The number of nitrogens with zero attached hydrogens (tertiary/aromatic N) is 3. The molecule has 2 unspecified atom stereocenters. The molecule has 27 heavy (non-hydrogen) atoms. The predicted molar refractivity (Wildman–Crippen MR) is 112 cm³/mol. The molecule has 1 aromatic heterocycles. The second-order valence-electron chi connectivity index (χ2n) is 6.83. The summed E-state index contributed by atoms with van der Waals surface area (Å²) in [6, 6.07) is 7.70. The lowest BCUT2D eigenvalue weighted by Crippen LogP contribution is -2.45. The van der Waals surface area contributed by atoms with Crippen LogP contribution in [0.3, 0.4) is 0 Å². The summed E-state index contributed by atoms with van der Waals surface area (Å²) in [5, 5.41) is 11.8. The smallest absolute Gasteiger partial charge is 0.191 e. The average molecular weight is 392 g/mol. The summed E-state index contributed by atoms with van der Waals surface area (Å²) < 4.78 is 7.82. The highest BCUT2D eigenvalue weighted by Crippen LogP contribution is 2.24. The monoisotopic (exact) mass is 391 g/mol. The van der Waals surface area contributed by atoms with Crippen molar-refractivity contribution in [3.63, 3.8) is 0 Å². The van der Waals surface area contributed by atoms with E-state index in [1.54, 1.807) is 7.05 Å².